The minimum Gasteiger partial charge on any atom is -0.310 e. The first-order valence-corrected chi connectivity index (χ1v) is 8.68. The summed E-state index contributed by atoms with van der Waals surface area (Å²) in [5.74, 6) is 0. The van der Waals surface area contributed by atoms with Crippen LogP contribution in [0.25, 0.3) is 0 Å². The molecule has 0 aliphatic heterocycles. The molecule has 3 heteroatoms. The van der Waals surface area contributed by atoms with Crippen LogP contribution >= 0.6 is 33.9 Å². The Morgan fingerprint density at radius 1 is 1.32 bits per heavy atom. The normalized spacial score (nSPS) is 12.6. The lowest BCUT2D eigenvalue weighted by atomic mass is 9.97. The lowest BCUT2D eigenvalue weighted by molar-refractivity contribution is 0.529. The van der Waals surface area contributed by atoms with Crippen LogP contribution < -0.4 is 5.32 Å². The van der Waals surface area contributed by atoms with Crippen molar-refractivity contribution in [2.24, 2.45) is 0 Å². The highest BCUT2D eigenvalue weighted by Crippen LogP contribution is 2.26. The predicted molar refractivity (Wildman–Crippen MR) is 93.0 cm³/mol. The second kappa shape index (κ2) is 7.41. The van der Waals surface area contributed by atoms with E-state index in [4.69, 9.17) is 0 Å². The van der Waals surface area contributed by atoms with Crippen molar-refractivity contribution in [2.75, 3.05) is 6.54 Å². The molecule has 1 nitrogen and oxygen atoms in total. The number of nitrogens with one attached hydrogen (secondary N) is 1. The van der Waals surface area contributed by atoms with Gasteiger partial charge in [-0.15, -0.1) is 11.3 Å². The van der Waals surface area contributed by atoms with E-state index in [1.807, 2.05) is 11.3 Å². The molecule has 1 aromatic carbocycles. The SMILES string of the molecule is CCCNC(Cc1ccccc1C)c1csc(I)c1. The molecule has 0 radical (unpaired) electrons. The van der Waals surface area contributed by atoms with E-state index in [-0.39, 0.29) is 0 Å². The third kappa shape index (κ3) is 4.29. The molecule has 0 aliphatic rings. The summed E-state index contributed by atoms with van der Waals surface area (Å²) in [5.41, 5.74) is 4.25. The third-order valence-electron chi connectivity index (χ3n) is 3.32. The smallest absolute Gasteiger partial charge is 0.0656 e. The maximum Gasteiger partial charge on any atom is 0.0656 e. The average Bonchev–Trinajstić information content (AvgIpc) is 2.83. The van der Waals surface area contributed by atoms with E-state index >= 15 is 0 Å². The standard InChI is InChI=1S/C16H20INS/c1-3-8-18-15(14-10-16(17)19-11-14)9-13-7-5-4-6-12(13)2/h4-7,10-11,15,18H,3,8-9H2,1-2H3. The number of hydrogen-bond acceptors (Lipinski definition) is 2. The van der Waals surface area contributed by atoms with Crippen LogP contribution in [0.4, 0.5) is 0 Å². The van der Waals surface area contributed by atoms with Crippen LogP contribution in [-0.4, -0.2) is 6.54 Å². The Labute approximate surface area is 133 Å². The summed E-state index contributed by atoms with van der Waals surface area (Å²) in [7, 11) is 0. The molecule has 1 N–H and O–H groups in total. The summed E-state index contributed by atoms with van der Waals surface area (Å²) in [6.45, 7) is 5.49. The molecule has 0 saturated carbocycles. The Bertz CT molecular complexity index is 521. The van der Waals surface area contributed by atoms with Crippen molar-refractivity contribution in [1.29, 1.82) is 0 Å². The van der Waals surface area contributed by atoms with Crippen molar-refractivity contribution in [3.63, 3.8) is 0 Å². The maximum atomic E-state index is 3.68. The van der Waals surface area contributed by atoms with Gasteiger partial charge in [0.2, 0.25) is 0 Å². The highest BCUT2D eigenvalue weighted by Gasteiger charge is 2.14. The van der Waals surface area contributed by atoms with Crippen molar-refractivity contribution in [3.05, 3.63) is 55.3 Å². The zero-order valence-electron chi connectivity index (χ0n) is 11.4. The van der Waals surface area contributed by atoms with Crippen LogP contribution in [0.1, 0.15) is 36.1 Å². The van der Waals surface area contributed by atoms with E-state index in [1.165, 1.54) is 26.0 Å². The fourth-order valence-corrected chi connectivity index (χ4v) is 3.62. The van der Waals surface area contributed by atoms with Gasteiger partial charge >= 0.3 is 0 Å². The second-order valence-corrected chi connectivity index (χ2v) is 7.63. The zero-order valence-corrected chi connectivity index (χ0v) is 14.4. The van der Waals surface area contributed by atoms with E-state index in [1.54, 1.807) is 0 Å². The topological polar surface area (TPSA) is 12.0 Å². The first kappa shape index (κ1) is 15.0. The molecule has 1 heterocycles. The minimum absolute atomic E-state index is 0.431. The van der Waals surface area contributed by atoms with Crippen LogP contribution in [-0.2, 0) is 6.42 Å². The Morgan fingerprint density at radius 3 is 2.74 bits per heavy atom. The Hall–Kier alpha value is -0.390. The molecular formula is C16H20INS. The van der Waals surface area contributed by atoms with Gasteiger partial charge in [-0.3, -0.25) is 0 Å². The Balaban J connectivity index is 2.16. The Morgan fingerprint density at radius 2 is 2.11 bits per heavy atom. The van der Waals surface area contributed by atoms with Crippen LogP contribution in [0.5, 0.6) is 0 Å². The third-order valence-corrected chi connectivity index (χ3v) is 5.12. The first-order chi connectivity index (χ1) is 9.20. The number of benzene rings is 1. The maximum absolute atomic E-state index is 3.68. The molecule has 0 saturated heterocycles. The summed E-state index contributed by atoms with van der Waals surface area (Å²) < 4.78 is 1.36. The summed E-state index contributed by atoms with van der Waals surface area (Å²) in [4.78, 5) is 0. The fraction of sp³-hybridized carbons (Fsp3) is 0.375. The van der Waals surface area contributed by atoms with Crippen molar-refractivity contribution in [3.8, 4) is 0 Å². The number of halogens is 1. The van der Waals surface area contributed by atoms with E-state index in [9.17, 15) is 0 Å². The molecule has 19 heavy (non-hydrogen) atoms. The highest BCUT2D eigenvalue weighted by atomic mass is 127. The van der Waals surface area contributed by atoms with Gasteiger partial charge in [0.1, 0.15) is 0 Å². The molecule has 2 aromatic rings. The summed E-state index contributed by atoms with van der Waals surface area (Å²) in [6, 6.07) is 11.4. The highest BCUT2D eigenvalue weighted by molar-refractivity contribution is 14.1. The number of thiophene rings is 1. The van der Waals surface area contributed by atoms with Crippen LogP contribution in [0.2, 0.25) is 0 Å². The van der Waals surface area contributed by atoms with Gasteiger partial charge in [0.25, 0.3) is 0 Å². The summed E-state index contributed by atoms with van der Waals surface area (Å²) >= 11 is 4.23. The fourth-order valence-electron chi connectivity index (χ4n) is 2.19. The monoisotopic (exact) mass is 385 g/mol. The Kier molecular flexibility index (Phi) is 5.85. The van der Waals surface area contributed by atoms with E-state index in [0.29, 0.717) is 6.04 Å². The molecule has 0 aliphatic carbocycles. The minimum atomic E-state index is 0.431. The van der Waals surface area contributed by atoms with Gasteiger partial charge in [0.05, 0.1) is 2.88 Å². The van der Waals surface area contributed by atoms with Crippen LogP contribution in [0, 0.1) is 9.81 Å². The van der Waals surface area contributed by atoms with Gasteiger partial charge in [-0.05, 0) is 77.0 Å². The van der Waals surface area contributed by atoms with Crippen molar-refractivity contribution >= 4 is 33.9 Å². The second-order valence-electron chi connectivity index (χ2n) is 4.82. The van der Waals surface area contributed by atoms with Gasteiger partial charge in [-0.1, -0.05) is 31.2 Å². The predicted octanol–water partition coefficient (Wildman–Crippen LogP) is 4.94. The number of aryl methyl sites for hydroxylation is 1. The molecule has 0 fully saturated rings. The van der Waals surface area contributed by atoms with E-state index in [2.05, 4.69) is 77.5 Å². The molecule has 0 amide bonds. The summed E-state index contributed by atoms with van der Waals surface area (Å²) in [5, 5.41) is 5.96. The van der Waals surface area contributed by atoms with Gasteiger partial charge < -0.3 is 5.32 Å². The number of rotatable bonds is 6. The quantitative estimate of drug-likeness (QED) is 0.695. The van der Waals surface area contributed by atoms with Crippen molar-refractivity contribution < 1.29 is 0 Å². The molecule has 102 valence electrons. The molecule has 1 aromatic heterocycles. The zero-order chi connectivity index (χ0) is 13.7. The van der Waals surface area contributed by atoms with Gasteiger partial charge in [-0.25, -0.2) is 0 Å². The van der Waals surface area contributed by atoms with E-state index < -0.39 is 0 Å². The van der Waals surface area contributed by atoms with Crippen molar-refractivity contribution in [2.45, 2.75) is 32.7 Å². The molecule has 1 atom stereocenters. The van der Waals surface area contributed by atoms with Gasteiger partial charge in [-0.2, -0.15) is 0 Å². The molecule has 1 unspecified atom stereocenters. The first-order valence-electron chi connectivity index (χ1n) is 6.72. The van der Waals surface area contributed by atoms with Crippen molar-refractivity contribution in [1.82, 2.24) is 5.32 Å². The molecular weight excluding hydrogens is 365 g/mol. The van der Waals surface area contributed by atoms with Gasteiger partial charge in [0, 0.05) is 6.04 Å². The summed E-state index contributed by atoms with van der Waals surface area (Å²) in [6.07, 6.45) is 2.24. The molecule has 0 bridgehead atoms. The molecule has 0 spiro atoms. The number of hydrogen-bond donors (Lipinski definition) is 1. The van der Waals surface area contributed by atoms with Gasteiger partial charge in [0.15, 0.2) is 0 Å². The van der Waals surface area contributed by atoms with E-state index in [0.717, 1.165) is 13.0 Å². The lowest BCUT2D eigenvalue weighted by Gasteiger charge is -2.19. The van der Waals surface area contributed by atoms with Crippen LogP contribution in [0.3, 0.4) is 0 Å². The largest absolute Gasteiger partial charge is 0.310 e. The lowest BCUT2D eigenvalue weighted by Crippen LogP contribution is -2.24. The average molecular weight is 385 g/mol. The van der Waals surface area contributed by atoms with Crippen LogP contribution in [0.15, 0.2) is 35.7 Å². The molecule has 2 rings (SSSR count).